The summed E-state index contributed by atoms with van der Waals surface area (Å²) >= 11 is 0. The first-order chi connectivity index (χ1) is 8.42. The van der Waals surface area contributed by atoms with E-state index in [1.807, 2.05) is 0 Å². The molecule has 1 unspecified atom stereocenters. The molecule has 0 aliphatic carbocycles. The topological polar surface area (TPSA) is 27.0 Å². The molecule has 1 aromatic rings. The van der Waals surface area contributed by atoms with Gasteiger partial charge in [-0.2, -0.15) is 5.26 Å². The van der Waals surface area contributed by atoms with E-state index in [2.05, 4.69) is 58.7 Å². The molecule has 2 nitrogen and oxygen atoms in total. The first-order valence-electron chi connectivity index (χ1n) is 6.60. The Morgan fingerprint density at radius 1 is 1.17 bits per heavy atom. The molecule has 1 atom stereocenters. The molecule has 1 aromatic carbocycles. The molecule has 0 aromatic heterocycles. The van der Waals surface area contributed by atoms with Crippen LogP contribution < -0.4 is 4.90 Å². The van der Waals surface area contributed by atoms with Crippen LogP contribution >= 0.6 is 0 Å². The summed E-state index contributed by atoms with van der Waals surface area (Å²) in [6.45, 7) is 11.5. The van der Waals surface area contributed by atoms with Crippen LogP contribution in [0.1, 0.15) is 35.6 Å². The summed E-state index contributed by atoms with van der Waals surface area (Å²) in [5, 5.41) is 9.09. The van der Waals surface area contributed by atoms with Crippen molar-refractivity contribution in [3.8, 4) is 6.07 Å². The molecule has 0 aliphatic rings. The SMILES string of the molecule is CCC(C#N)CN(C)c1c(C)c(C)cc(C)c1C. The van der Waals surface area contributed by atoms with Gasteiger partial charge in [-0.25, -0.2) is 0 Å². The van der Waals surface area contributed by atoms with Crippen LogP contribution in [0.15, 0.2) is 6.07 Å². The van der Waals surface area contributed by atoms with E-state index in [1.54, 1.807) is 0 Å². The first-order valence-corrected chi connectivity index (χ1v) is 6.60. The van der Waals surface area contributed by atoms with Crippen LogP contribution in [0.2, 0.25) is 0 Å². The summed E-state index contributed by atoms with van der Waals surface area (Å²) in [5.41, 5.74) is 6.60. The van der Waals surface area contributed by atoms with Crippen LogP contribution in [-0.4, -0.2) is 13.6 Å². The van der Waals surface area contributed by atoms with E-state index in [0.29, 0.717) is 0 Å². The van der Waals surface area contributed by atoms with Gasteiger partial charge in [-0.15, -0.1) is 0 Å². The van der Waals surface area contributed by atoms with Gasteiger partial charge < -0.3 is 4.90 Å². The maximum atomic E-state index is 9.09. The van der Waals surface area contributed by atoms with Crippen LogP contribution in [0, 0.1) is 44.9 Å². The Balaban J connectivity index is 3.13. The Labute approximate surface area is 111 Å². The summed E-state index contributed by atoms with van der Waals surface area (Å²) in [6, 6.07) is 4.62. The van der Waals surface area contributed by atoms with Gasteiger partial charge in [-0.05, 0) is 56.4 Å². The predicted octanol–water partition coefficient (Wildman–Crippen LogP) is 3.91. The lowest BCUT2D eigenvalue weighted by Gasteiger charge is -2.27. The number of rotatable bonds is 4. The number of hydrogen-bond acceptors (Lipinski definition) is 2. The van der Waals surface area contributed by atoms with Gasteiger partial charge in [0.15, 0.2) is 0 Å². The van der Waals surface area contributed by atoms with Gasteiger partial charge in [0.2, 0.25) is 0 Å². The third kappa shape index (κ3) is 2.85. The Hall–Kier alpha value is -1.49. The quantitative estimate of drug-likeness (QED) is 0.803. The summed E-state index contributed by atoms with van der Waals surface area (Å²) in [6.07, 6.45) is 0.906. The molecule has 0 spiro atoms. The zero-order chi connectivity index (χ0) is 13.9. The number of benzene rings is 1. The van der Waals surface area contributed by atoms with Gasteiger partial charge >= 0.3 is 0 Å². The lowest BCUT2D eigenvalue weighted by Crippen LogP contribution is -2.26. The van der Waals surface area contributed by atoms with E-state index in [1.165, 1.54) is 27.9 Å². The molecule has 1 rings (SSSR count). The van der Waals surface area contributed by atoms with Crippen LogP contribution in [0.3, 0.4) is 0 Å². The second-order valence-electron chi connectivity index (χ2n) is 5.22. The molecule has 0 amide bonds. The molecule has 0 heterocycles. The van der Waals surface area contributed by atoms with Gasteiger partial charge in [-0.3, -0.25) is 0 Å². The van der Waals surface area contributed by atoms with Crippen molar-refractivity contribution in [2.75, 3.05) is 18.5 Å². The maximum Gasteiger partial charge on any atom is 0.0674 e. The highest BCUT2D eigenvalue weighted by molar-refractivity contribution is 5.63. The Morgan fingerprint density at radius 2 is 1.67 bits per heavy atom. The maximum absolute atomic E-state index is 9.09. The lowest BCUT2D eigenvalue weighted by molar-refractivity contribution is 0.630. The molecule has 98 valence electrons. The monoisotopic (exact) mass is 244 g/mol. The van der Waals surface area contributed by atoms with E-state index in [0.717, 1.165) is 13.0 Å². The normalized spacial score (nSPS) is 12.1. The van der Waals surface area contributed by atoms with Gasteiger partial charge in [0.05, 0.1) is 12.0 Å². The minimum Gasteiger partial charge on any atom is -0.373 e. The van der Waals surface area contributed by atoms with Gasteiger partial charge in [0.1, 0.15) is 0 Å². The Morgan fingerprint density at radius 3 is 2.06 bits per heavy atom. The van der Waals surface area contributed by atoms with Crippen molar-refractivity contribution < 1.29 is 0 Å². The van der Waals surface area contributed by atoms with E-state index in [4.69, 9.17) is 5.26 Å². The minimum absolute atomic E-state index is 0.106. The van der Waals surface area contributed by atoms with Gasteiger partial charge in [0, 0.05) is 19.3 Å². The van der Waals surface area contributed by atoms with Crippen molar-refractivity contribution in [3.05, 3.63) is 28.3 Å². The van der Waals surface area contributed by atoms with Crippen molar-refractivity contribution in [2.24, 2.45) is 5.92 Å². The van der Waals surface area contributed by atoms with Crippen molar-refractivity contribution in [1.82, 2.24) is 0 Å². The van der Waals surface area contributed by atoms with E-state index in [9.17, 15) is 0 Å². The number of nitrogens with zero attached hydrogens (tertiary/aromatic N) is 2. The third-order valence-corrected chi connectivity index (χ3v) is 3.88. The third-order valence-electron chi connectivity index (χ3n) is 3.88. The highest BCUT2D eigenvalue weighted by Gasteiger charge is 2.15. The molecule has 2 heteroatoms. The fraction of sp³-hybridized carbons (Fsp3) is 0.562. The zero-order valence-electron chi connectivity index (χ0n) is 12.5. The second-order valence-corrected chi connectivity index (χ2v) is 5.22. The van der Waals surface area contributed by atoms with Gasteiger partial charge in [0.25, 0.3) is 0 Å². The molecular formula is C16H24N2. The number of anilines is 1. The molecule has 0 saturated heterocycles. The average molecular weight is 244 g/mol. The standard InChI is InChI=1S/C16H24N2/c1-7-15(9-17)10-18(6)16-13(4)11(2)8-12(3)14(16)5/h8,15H,7,10H2,1-6H3. The van der Waals surface area contributed by atoms with Crippen molar-refractivity contribution in [1.29, 1.82) is 5.26 Å². The van der Waals surface area contributed by atoms with Crippen LogP contribution in [0.25, 0.3) is 0 Å². The average Bonchev–Trinajstić information content (AvgIpc) is 2.33. The highest BCUT2D eigenvalue weighted by atomic mass is 15.1. The molecule has 18 heavy (non-hydrogen) atoms. The Kier molecular flexibility index (Phi) is 4.78. The summed E-state index contributed by atoms with van der Waals surface area (Å²) in [7, 11) is 2.09. The zero-order valence-corrected chi connectivity index (χ0v) is 12.5. The number of nitriles is 1. The molecule has 0 radical (unpaired) electrons. The van der Waals surface area contributed by atoms with E-state index in [-0.39, 0.29) is 5.92 Å². The fourth-order valence-electron chi connectivity index (χ4n) is 2.45. The van der Waals surface area contributed by atoms with Crippen LogP contribution in [0.4, 0.5) is 5.69 Å². The molecule has 0 bridgehead atoms. The first kappa shape index (κ1) is 14.6. The summed E-state index contributed by atoms with van der Waals surface area (Å²) < 4.78 is 0. The number of hydrogen-bond donors (Lipinski definition) is 0. The van der Waals surface area contributed by atoms with E-state index < -0.39 is 0 Å². The summed E-state index contributed by atoms with van der Waals surface area (Å²) in [4.78, 5) is 2.24. The number of aryl methyl sites for hydroxylation is 2. The van der Waals surface area contributed by atoms with Crippen molar-refractivity contribution in [2.45, 2.75) is 41.0 Å². The van der Waals surface area contributed by atoms with Crippen molar-refractivity contribution in [3.63, 3.8) is 0 Å². The minimum atomic E-state index is 0.106. The smallest absolute Gasteiger partial charge is 0.0674 e. The molecule has 0 fully saturated rings. The summed E-state index contributed by atoms with van der Waals surface area (Å²) in [5.74, 6) is 0.106. The second kappa shape index (κ2) is 5.91. The fourth-order valence-corrected chi connectivity index (χ4v) is 2.45. The Bertz CT molecular complexity index is 443. The predicted molar refractivity (Wildman–Crippen MR) is 78.1 cm³/mol. The van der Waals surface area contributed by atoms with Gasteiger partial charge in [-0.1, -0.05) is 13.0 Å². The van der Waals surface area contributed by atoms with E-state index >= 15 is 0 Å². The molecule has 0 saturated carbocycles. The molecular weight excluding hydrogens is 220 g/mol. The van der Waals surface area contributed by atoms with Crippen molar-refractivity contribution >= 4 is 5.69 Å². The molecule has 0 aliphatic heterocycles. The highest BCUT2D eigenvalue weighted by Crippen LogP contribution is 2.29. The van der Waals surface area contributed by atoms with Crippen LogP contribution in [0.5, 0.6) is 0 Å². The largest absolute Gasteiger partial charge is 0.373 e. The molecule has 0 N–H and O–H groups in total. The lowest BCUT2D eigenvalue weighted by atomic mass is 9.97. The van der Waals surface area contributed by atoms with Crippen LogP contribution in [-0.2, 0) is 0 Å².